The van der Waals surface area contributed by atoms with Crippen molar-refractivity contribution in [3.8, 4) is 0 Å². The van der Waals surface area contributed by atoms with Crippen molar-refractivity contribution < 1.29 is 9.59 Å². The largest absolute Gasteiger partial charge is 0.350 e. The predicted molar refractivity (Wildman–Crippen MR) is 92.1 cm³/mol. The van der Waals surface area contributed by atoms with Crippen LogP contribution in [0, 0.1) is 13.8 Å². The van der Waals surface area contributed by atoms with Gasteiger partial charge in [0.15, 0.2) is 0 Å². The zero-order valence-electron chi connectivity index (χ0n) is 14.5. The molecule has 0 bridgehead atoms. The van der Waals surface area contributed by atoms with Crippen molar-refractivity contribution in [2.75, 3.05) is 13.1 Å². The maximum absolute atomic E-state index is 12.1. The molecule has 23 heavy (non-hydrogen) atoms. The zero-order chi connectivity index (χ0) is 16.8. The second-order valence-corrected chi connectivity index (χ2v) is 6.57. The highest BCUT2D eigenvalue weighted by atomic mass is 16.2. The van der Waals surface area contributed by atoms with Crippen molar-refractivity contribution in [3.63, 3.8) is 0 Å². The molecule has 4 heteroatoms. The van der Waals surface area contributed by atoms with Crippen LogP contribution in [0.4, 0.5) is 0 Å². The van der Waals surface area contributed by atoms with Crippen LogP contribution >= 0.6 is 0 Å². The molecule has 2 amide bonds. The third kappa shape index (κ3) is 5.08. The summed E-state index contributed by atoms with van der Waals surface area (Å²) in [6, 6.07) is 6.31. The van der Waals surface area contributed by atoms with Gasteiger partial charge in [0.25, 0.3) is 0 Å². The summed E-state index contributed by atoms with van der Waals surface area (Å²) in [7, 11) is 0. The maximum atomic E-state index is 12.1. The van der Waals surface area contributed by atoms with Crippen molar-refractivity contribution in [1.82, 2.24) is 10.2 Å². The molecule has 2 rings (SSSR count). The number of aryl methyl sites for hydroxylation is 2. The molecule has 1 aliphatic heterocycles. The number of hydrogen-bond donors (Lipinski definition) is 1. The summed E-state index contributed by atoms with van der Waals surface area (Å²) in [5.74, 6) is 0.292. The van der Waals surface area contributed by atoms with Gasteiger partial charge in [-0.05, 0) is 56.7 Å². The number of piperidine rings is 1. The van der Waals surface area contributed by atoms with Gasteiger partial charge in [0.05, 0.1) is 6.04 Å². The van der Waals surface area contributed by atoms with Crippen LogP contribution in [-0.2, 0) is 9.59 Å². The van der Waals surface area contributed by atoms with Crippen LogP contribution in [0.2, 0.25) is 0 Å². The van der Waals surface area contributed by atoms with E-state index in [9.17, 15) is 9.59 Å². The van der Waals surface area contributed by atoms with E-state index >= 15 is 0 Å². The molecule has 1 aromatic carbocycles. The van der Waals surface area contributed by atoms with Gasteiger partial charge in [-0.1, -0.05) is 18.2 Å². The van der Waals surface area contributed by atoms with E-state index in [2.05, 4.69) is 37.4 Å². The Morgan fingerprint density at radius 1 is 1.26 bits per heavy atom. The lowest BCUT2D eigenvalue weighted by Crippen LogP contribution is -2.36. The Labute approximate surface area is 139 Å². The lowest BCUT2D eigenvalue weighted by atomic mass is 10.0. The number of nitrogens with one attached hydrogen (secondary N) is 1. The second kappa shape index (κ2) is 8.14. The van der Waals surface area contributed by atoms with Gasteiger partial charge < -0.3 is 10.2 Å². The van der Waals surface area contributed by atoms with Crippen LogP contribution in [-0.4, -0.2) is 29.8 Å². The van der Waals surface area contributed by atoms with Gasteiger partial charge in [0.1, 0.15) is 0 Å². The van der Waals surface area contributed by atoms with Gasteiger partial charge in [-0.2, -0.15) is 0 Å². The first-order valence-corrected chi connectivity index (χ1v) is 8.61. The smallest absolute Gasteiger partial charge is 0.222 e. The van der Waals surface area contributed by atoms with Crippen molar-refractivity contribution >= 4 is 11.8 Å². The van der Waals surface area contributed by atoms with Crippen molar-refractivity contribution in [2.45, 2.75) is 58.9 Å². The zero-order valence-corrected chi connectivity index (χ0v) is 14.5. The highest BCUT2D eigenvalue weighted by Crippen LogP contribution is 2.17. The third-order valence-corrected chi connectivity index (χ3v) is 4.66. The van der Waals surface area contributed by atoms with Crippen LogP contribution in [0.1, 0.15) is 61.8 Å². The van der Waals surface area contributed by atoms with Crippen molar-refractivity contribution in [1.29, 1.82) is 0 Å². The normalized spacial score (nSPS) is 16.3. The minimum absolute atomic E-state index is 0.0124. The van der Waals surface area contributed by atoms with Crippen LogP contribution in [0.15, 0.2) is 18.2 Å². The SMILES string of the molecule is Cc1ccc(C(C)NC(=O)CCCN2CCCCC2=O)cc1C. The average Bonchev–Trinajstić information content (AvgIpc) is 2.51. The number of carbonyl (C=O) groups is 2. The fourth-order valence-electron chi connectivity index (χ4n) is 2.96. The first-order chi connectivity index (χ1) is 11.0. The summed E-state index contributed by atoms with van der Waals surface area (Å²) in [4.78, 5) is 25.7. The van der Waals surface area contributed by atoms with E-state index in [1.165, 1.54) is 11.1 Å². The highest BCUT2D eigenvalue weighted by Gasteiger charge is 2.18. The summed E-state index contributed by atoms with van der Waals surface area (Å²) in [5.41, 5.74) is 3.64. The highest BCUT2D eigenvalue weighted by molar-refractivity contribution is 5.77. The van der Waals surface area contributed by atoms with E-state index in [0.29, 0.717) is 19.4 Å². The van der Waals surface area contributed by atoms with Crippen LogP contribution < -0.4 is 5.32 Å². The standard InChI is InChI=1S/C19H28N2O2/c1-14-9-10-17(13-15(14)2)16(3)20-18(22)7-6-12-21-11-5-4-8-19(21)23/h9-10,13,16H,4-8,11-12H2,1-3H3,(H,20,22). The van der Waals surface area contributed by atoms with E-state index in [-0.39, 0.29) is 17.9 Å². The minimum Gasteiger partial charge on any atom is -0.350 e. The van der Waals surface area contributed by atoms with Crippen LogP contribution in [0.3, 0.4) is 0 Å². The predicted octanol–water partition coefficient (Wildman–Crippen LogP) is 3.27. The van der Waals surface area contributed by atoms with E-state index in [0.717, 1.165) is 31.4 Å². The molecule has 1 unspecified atom stereocenters. The Hall–Kier alpha value is -1.84. The number of carbonyl (C=O) groups excluding carboxylic acids is 2. The topological polar surface area (TPSA) is 49.4 Å². The molecule has 0 aliphatic carbocycles. The molecule has 1 aromatic rings. The number of nitrogens with zero attached hydrogens (tertiary/aromatic N) is 1. The summed E-state index contributed by atoms with van der Waals surface area (Å²) >= 11 is 0. The van der Waals surface area contributed by atoms with Gasteiger partial charge in [-0.15, -0.1) is 0 Å². The van der Waals surface area contributed by atoms with Crippen molar-refractivity contribution in [2.24, 2.45) is 0 Å². The Kier molecular flexibility index (Phi) is 6.20. The molecular formula is C19H28N2O2. The molecule has 1 fully saturated rings. The second-order valence-electron chi connectivity index (χ2n) is 6.57. The summed E-state index contributed by atoms with van der Waals surface area (Å²) in [6.07, 6.45) is 3.96. The van der Waals surface area contributed by atoms with Crippen molar-refractivity contribution in [3.05, 3.63) is 34.9 Å². The van der Waals surface area contributed by atoms with Crippen LogP contribution in [0.5, 0.6) is 0 Å². The molecule has 0 radical (unpaired) electrons. The Morgan fingerprint density at radius 3 is 2.74 bits per heavy atom. The fourth-order valence-corrected chi connectivity index (χ4v) is 2.96. The number of hydrogen-bond acceptors (Lipinski definition) is 2. The monoisotopic (exact) mass is 316 g/mol. The van der Waals surface area contributed by atoms with Crippen LogP contribution in [0.25, 0.3) is 0 Å². The third-order valence-electron chi connectivity index (χ3n) is 4.66. The molecule has 126 valence electrons. The molecule has 1 saturated heterocycles. The molecule has 0 aromatic heterocycles. The molecule has 0 saturated carbocycles. The maximum Gasteiger partial charge on any atom is 0.222 e. The molecule has 4 nitrogen and oxygen atoms in total. The van der Waals surface area contributed by atoms with Gasteiger partial charge in [-0.25, -0.2) is 0 Å². The molecule has 1 aliphatic rings. The molecule has 1 N–H and O–H groups in total. The lowest BCUT2D eigenvalue weighted by Gasteiger charge is -2.26. The van der Waals surface area contributed by atoms with Gasteiger partial charge in [0.2, 0.25) is 11.8 Å². The first kappa shape index (κ1) is 17.5. The molecule has 0 spiro atoms. The lowest BCUT2D eigenvalue weighted by molar-refractivity contribution is -0.133. The summed E-state index contributed by atoms with van der Waals surface area (Å²) in [5, 5.41) is 3.05. The molecule has 1 atom stereocenters. The van der Waals surface area contributed by atoms with E-state index < -0.39 is 0 Å². The Balaban J connectivity index is 1.75. The number of amides is 2. The van der Waals surface area contributed by atoms with Gasteiger partial charge >= 0.3 is 0 Å². The van der Waals surface area contributed by atoms with E-state index in [4.69, 9.17) is 0 Å². The van der Waals surface area contributed by atoms with Gasteiger partial charge in [0, 0.05) is 25.9 Å². The van der Waals surface area contributed by atoms with Gasteiger partial charge in [-0.3, -0.25) is 9.59 Å². The first-order valence-electron chi connectivity index (χ1n) is 8.61. The number of benzene rings is 1. The Bertz CT molecular complexity index is 568. The summed E-state index contributed by atoms with van der Waals surface area (Å²) in [6.45, 7) is 7.73. The number of likely N-dealkylation sites (tertiary alicyclic amines) is 1. The molecular weight excluding hydrogens is 288 g/mol. The Morgan fingerprint density at radius 2 is 2.04 bits per heavy atom. The van der Waals surface area contributed by atoms with E-state index in [1.807, 2.05) is 11.8 Å². The average molecular weight is 316 g/mol. The van der Waals surface area contributed by atoms with E-state index in [1.54, 1.807) is 0 Å². The number of rotatable bonds is 6. The minimum atomic E-state index is 0.0124. The quantitative estimate of drug-likeness (QED) is 0.875. The molecule has 1 heterocycles. The summed E-state index contributed by atoms with van der Waals surface area (Å²) < 4.78 is 0. The fraction of sp³-hybridized carbons (Fsp3) is 0.579.